The molecule has 1 saturated heterocycles. The lowest BCUT2D eigenvalue weighted by molar-refractivity contribution is -0.0281. The van der Waals surface area contributed by atoms with Crippen molar-refractivity contribution in [1.82, 2.24) is 4.90 Å². The van der Waals surface area contributed by atoms with Crippen molar-refractivity contribution in [2.45, 2.75) is 70.8 Å². The van der Waals surface area contributed by atoms with Crippen LogP contribution in [0.4, 0.5) is 0 Å². The highest BCUT2D eigenvalue weighted by Gasteiger charge is 2.30. The van der Waals surface area contributed by atoms with Crippen molar-refractivity contribution < 1.29 is 5.11 Å². The molecule has 1 rings (SSSR count). The molecule has 0 saturated carbocycles. The lowest BCUT2D eigenvalue weighted by Gasteiger charge is -2.37. The van der Waals surface area contributed by atoms with Crippen LogP contribution in [-0.4, -0.2) is 35.2 Å². The minimum atomic E-state index is -0.335. The third-order valence-corrected chi connectivity index (χ3v) is 3.98. The van der Waals surface area contributed by atoms with Crippen molar-refractivity contribution in [1.29, 1.82) is 0 Å². The number of nitrogens with zero attached hydrogens (tertiary/aromatic N) is 1. The molecule has 0 aromatic carbocycles. The molecule has 96 valence electrons. The van der Waals surface area contributed by atoms with Gasteiger partial charge in [-0.15, -0.1) is 0 Å². The summed E-state index contributed by atoms with van der Waals surface area (Å²) >= 11 is 0. The monoisotopic (exact) mass is 227 g/mol. The third kappa shape index (κ3) is 4.84. The molecule has 0 aliphatic carbocycles. The van der Waals surface area contributed by atoms with E-state index in [0.29, 0.717) is 0 Å². The average Bonchev–Trinajstić information content (AvgIpc) is 2.30. The quantitative estimate of drug-likeness (QED) is 0.675. The molecular weight excluding hydrogens is 198 g/mol. The molecule has 1 fully saturated rings. The van der Waals surface area contributed by atoms with Crippen molar-refractivity contribution >= 4 is 0 Å². The lowest BCUT2D eigenvalue weighted by atomic mass is 9.86. The first kappa shape index (κ1) is 14.0. The predicted octanol–water partition coefficient (Wildman–Crippen LogP) is 3.19. The summed E-state index contributed by atoms with van der Waals surface area (Å²) in [5.41, 5.74) is -0.335. The van der Waals surface area contributed by atoms with Gasteiger partial charge in [0, 0.05) is 13.1 Å². The van der Waals surface area contributed by atoms with Crippen LogP contribution in [0.3, 0.4) is 0 Å². The van der Waals surface area contributed by atoms with Gasteiger partial charge in [-0.2, -0.15) is 0 Å². The van der Waals surface area contributed by atoms with Crippen molar-refractivity contribution in [2.75, 3.05) is 19.6 Å². The maximum Gasteiger partial charge on any atom is 0.0672 e. The van der Waals surface area contributed by atoms with E-state index in [1.807, 2.05) is 0 Å². The average molecular weight is 227 g/mol. The first-order chi connectivity index (χ1) is 7.70. The number of hydrogen-bond acceptors (Lipinski definition) is 2. The van der Waals surface area contributed by atoms with Crippen LogP contribution in [-0.2, 0) is 0 Å². The van der Waals surface area contributed by atoms with Crippen molar-refractivity contribution in [3.05, 3.63) is 0 Å². The fourth-order valence-electron chi connectivity index (χ4n) is 2.59. The highest BCUT2D eigenvalue weighted by molar-refractivity contribution is 4.85. The smallest absolute Gasteiger partial charge is 0.0672 e. The maximum atomic E-state index is 10.4. The van der Waals surface area contributed by atoms with Gasteiger partial charge in [0.25, 0.3) is 0 Å². The molecule has 0 aromatic heterocycles. The van der Waals surface area contributed by atoms with E-state index in [0.717, 1.165) is 38.9 Å². The number of likely N-dealkylation sites (tertiary alicyclic amines) is 1. The minimum Gasteiger partial charge on any atom is -0.390 e. The summed E-state index contributed by atoms with van der Waals surface area (Å²) in [6.45, 7) is 7.75. The Morgan fingerprint density at radius 1 is 1.00 bits per heavy atom. The summed E-state index contributed by atoms with van der Waals surface area (Å²) in [7, 11) is 0. The third-order valence-electron chi connectivity index (χ3n) is 3.98. The maximum absolute atomic E-state index is 10.4. The zero-order valence-corrected chi connectivity index (χ0v) is 11.2. The number of rotatable bonds is 7. The SMILES string of the molecule is CCCCCCCC1(O)CCN(CC)CC1. The molecule has 16 heavy (non-hydrogen) atoms. The predicted molar refractivity (Wildman–Crippen MR) is 69.7 cm³/mol. The first-order valence-corrected chi connectivity index (χ1v) is 7.15. The molecule has 1 heterocycles. The summed E-state index contributed by atoms with van der Waals surface area (Å²) in [5.74, 6) is 0. The van der Waals surface area contributed by atoms with E-state index in [1.165, 1.54) is 32.1 Å². The van der Waals surface area contributed by atoms with Gasteiger partial charge in [0.15, 0.2) is 0 Å². The van der Waals surface area contributed by atoms with Gasteiger partial charge in [0.05, 0.1) is 5.60 Å². The van der Waals surface area contributed by atoms with Crippen LogP contribution in [0.25, 0.3) is 0 Å². The molecule has 1 aliphatic rings. The largest absolute Gasteiger partial charge is 0.390 e. The van der Waals surface area contributed by atoms with Crippen LogP contribution in [0, 0.1) is 0 Å². The molecule has 0 radical (unpaired) electrons. The van der Waals surface area contributed by atoms with Crippen molar-refractivity contribution in [3.8, 4) is 0 Å². The Kier molecular flexibility index (Phi) is 6.37. The van der Waals surface area contributed by atoms with Gasteiger partial charge in [-0.3, -0.25) is 0 Å². The van der Waals surface area contributed by atoms with Crippen molar-refractivity contribution in [3.63, 3.8) is 0 Å². The van der Waals surface area contributed by atoms with E-state index in [9.17, 15) is 5.11 Å². The van der Waals surface area contributed by atoms with E-state index in [4.69, 9.17) is 0 Å². The van der Waals surface area contributed by atoms with Crippen molar-refractivity contribution in [2.24, 2.45) is 0 Å². The van der Waals surface area contributed by atoms with E-state index in [2.05, 4.69) is 18.7 Å². The Morgan fingerprint density at radius 2 is 1.62 bits per heavy atom. The Balaban J connectivity index is 2.11. The van der Waals surface area contributed by atoms with Crippen LogP contribution in [0.2, 0.25) is 0 Å². The number of hydrogen-bond donors (Lipinski definition) is 1. The van der Waals surface area contributed by atoms with Gasteiger partial charge in [0.1, 0.15) is 0 Å². The molecule has 2 heteroatoms. The minimum absolute atomic E-state index is 0.335. The molecule has 1 N–H and O–H groups in total. The number of piperidine rings is 1. The Bertz CT molecular complexity index is 174. The zero-order valence-electron chi connectivity index (χ0n) is 11.2. The molecule has 0 atom stereocenters. The van der Waals surface area contributed by atoms with Crippen LogP contribution in [0.1, 0.15) is 65.2 Å². The fourth-order valence-corrected chi connectivity index (χ4v) is 2.59. The normalized spacial score (nSPS) is 21.2. The summed E-state index contributed by atoms with van der Waals surface area (Å²) in [6, 6.07) is 0. The van der Waals surface area contributed by atoms with Gasteiger partial charge in [0.2, 0.25) is 0 Å². The molecule has 0 unspecified atom stereocenters. The van der Waals surface area contributed by atoms with E-state index in [1.54, 1.807) is 0 Å². The molecule has 1 aliphatic heterocycles. The van der Waals surface area contributed by atoms with Crippen LogP contribution in [0.15, 0.2) is 0 Å². The topological polar surface area (TPSA) is 23.5 Å². The molecule has 0 amide bonds. The Hall–Kier alpha value is -0.0800. The summed E-state index contributed by atoms with van der Waals surface area (Å²) in [4.78, 5) is 2.44. The van der Waals surface area contributed by atoms with E-state index >= 15 is 0 Å². The molecule has 0 aromatic rings. The molecule has 0 spiro atoms. The highest BCUT2D eigenvalue weighted by Crippen LogP contribution is 2.27. The van der Waals surface area contributed by atoms with E-state index < -0.39 is 0 Å². The molecule has 2 nitrogen and oxygen atoms in total. The second-order valence-corrected chi connectivity index (χ2v) is 5.32. The first-order valence-electron chi connectivity index (χ1n) is 7.15. The Labute approximate surface area is 101 Å². The van der Waals surface area contributed by atoms with Gasteiger partial charge in [-0.1, -0.05) is 46.0 Å². The second kappa shape index (κ2) is 7.29. The lowest BCUT2D eigenvalue weighted by Crippen LogP contribution is -2.44. The summed E-state index contributed by atoms with van der Waals surface area (Å²) < 4.78 is 0. The fraction of sp³-hybridized carbons (Fsp3) is 1.00. The van der Waals surface area contributed by atoms with Gasteiger partial charge >= 0.3 is 0 Å². The van der Waals surface area contributed by atoms with Crippen LogP contribution in [0.5, 0.6) is 0 Å². The Morgan fingerprint density at radius 3 is 2.19 bits per heavy atom. The summed E-state index contributed by atoms with van der Waals surface area (Å²) in [6.07, 6.45) is 9.49. The second-order valence-electron chi connectivity index (χ2n) is 5.32. The van der Waals surface area contributed by atoms with Gasteiger partial charge in [-0.05, 0) is 25.8 Å². The standard InChI is InChI=1S/C14H29NO/c1-3-5-6-7-8-9-14(16)10-12-15(4-2)13-11-14/h16H,3-13H2,1-2H3. The highest BCUT2D eigenvalue weighted by atomic mass is 16.3. The van der Waals surface area contributed by atoms with Crippen LogP contribution < -0.4 is 0 Å². The van der Waals surface area contributed by atoms with Crippen LogP contribution >= 0.6 is 0 Å². The van der Waals surface area contributed by atoms with Gasteiger partial charge in [-0.25, -0.2) is 0 Å². The summed E-state index contributed by atoms with van der Waals surface area (Å²) in [5, 5.41) is 10.4. The zero-order chi connectivity index (χ0) is 11.9. The molecular formula is C14H29NO. The number of aliphatic hydroxyl groups is 1. The van der Waals surface area contributed by atoms with Gasteiger partial charge < -0.3 is 10.0 Å². The molecule has 0 bridgehead atoms. The number of unbranched alkanes of at least 4 members (excludes halogenated alkanes) is 4. The van der Waals surface area contributed by atoms with E-state index in [-0.39, 0.29) is 5.60 Å².